The van der Waals surface area contributed by atoms with Gasteiger partial charge in [-0.15, -0.1) is 10.2 Å². The molecule has 2 aromatic heterocycles. The van der Waals surface area contributed by atoms with Crippen LogP contribution in [-0.4, -0.2) is 24.5 Å². The summed E-state index contributed by atoms with van der Waals surface area (Å²) < 4.78 is 3.81. The summed E-state index contributed by atoms with van der Waals surface area (Å²) in [6.45, 7) is 6.36. The summed E-state index contributed by atoms with van der Waals surface area (Å²) in [5, 5.41) is 12.2. The van der Waals surface area contributed by atoms with Crippen molar-refractivity contribution in [3.8, 4) is 11.4 Å². The SMILES string of the molecule is Cn1cc(-c2nncn2C(C)(C)C)cn1. The maximum absolute atomic E-state index is 4.13. The number of aromatic nitrogens is 5. The zero-order valence-corrected chi connectivity index (χ0v) is 9.47. The van der Waals surface area contributed by atoms with Crippen molar-refractivity contribution in [1.82, 2.24) is 24.5 Å². The molecule has 15 heavy (non-hydrogen) atoms. The van der Waals surface area contributed by atoms with Gasteiger partial charge in [0.25, 0.3) is 0 Å². The minimum atomic E-state index is -0.0192. The van der Waals surface area contributed by atoms with Gasteiger partial charge in [0, 0.05) is 18.8 Å². The first-order valence-electron chi connectivity index (χ1n) is 4.88. The van der Waals surface area contributed by atoms with Crippen LogP contribution in [-0.2, 0) is 12.6 Å². The van der Waals surface area contributed by atoms with Crippen molar-refractivity contribution >= 4 is 0 Å². The van der Waals surface area contributed by atoms with E-state index in [1.165, 1.54) is 0 Å². The van der Waals surface area contributed by atoms with E-state index in [4.69, 9.17) is 0 Å². The van der Waals surface area contributed by atoms with Gasteiger partial charge in [-0.25, -0.2) is 0 Å². The Kier molecular flexibility index (Phi) is 2.10. The van der Waals surface area contributed by atoms with Gasteiger partial charge in [-0.2, -0.15) is 5.10 Å². The monoisotopic (exact) mass is 205 g/mol. The van der Waals surface area contributed by atoms with E-state index < -0.39 is 0 Å². The van der Waals surface area contributed by atoms with Crippen molar-refractivity contribution < 1.29 is 0 Å². The summed E-state index contributed by atoms with van der Waals surface area (Å²) >= 11 is 0. The van der Waals surface area contributed by atoms with Gasteiger partial charge in [-0.1, -0.05) is 0 Å². The van der Waals surface area contributed by atoms with Crippen LogP contribution in [0.2, 0.25) is 0 Å². The van der Waals surface area contributed by atoms with Crippen LogP contribution in [0.3, 0.4) is 0 Å². The molecule has 5 heteroatoms. The molecule has 2 aromatic rings. The zero-order valence-electron chi connectivity index (χ0n) is 9.47. The molecule has 2 heterocycles. The minimum absolute atomic E-state index is 0.0192. The molecule has 0 radical (unpaired) electrons. The van der Waals surface area contributed by atoms with E-state index in [9.17, 15) is 0 Å². The summed E-state index contributed by atoms with van der Waals surface area (Å²) in [6, 6.07) is 0. The van der Waals surface area contributed by atoms with Gasteiger partial charge in [0.05, 0.1) is 11.8 Å². The summed E-state index contributed by atoms with van der Waals surface area (Å²) in [6.07, 6.45) is 5.49. The lowest BCUT2D eigenvalue weighted by Crippen LogP contribution is -2.21. The Hall–Kier alpha value is -1.65. The molecule has 0 atom stereocenters. The van der Waals surface area contributed by atoms with E-state index in [2.05, 4.69) is 36.1 Å². The molecular formula is C10H15N5. The van der Waals surface area contributed by atoms with Crippen molar-refractivity contribution in [2.45, 2.75) is 26.3 Å². The van der Waals surface area contributed by atoms with Crippen LogP contribution in [0, 0.1) is 0 Å². The fourth-order valence-corrected chi connectivity index (χ4v) is 1.46. The summed E-state index contributed by atoms with van der Waals surface area (Å²) in [4.78, 5) is 0. The van der Waals surface area contributed by atoms with E-state index in [-0.39, 0.29) is 5.54 Å². The Morgan fingerprint density at radius 2 is 2.00 bits per heavy atom. The first-order chi connectivity index (χ1) is 6.98. The standard InChI is InChI=1S/C10H15N5/c1-10(2,3)15-7-11-13-9(15)8-5-12-14(4)6-8/h5-7H,1-4H3. The second kappa shape index (κ2) is 3.18. The fourth-order valence-electron chi connectivity index (χ4n) is 1.46. The molecular weight excluding hydrogens is 190 g/mol. The molecule has 0 aliphatic carbocycles. The maximum Gasteiger partial charge on any atom is 0.167 e. The van der Waals surface area contributed by atoms with Crippen LogP contribution >= 0.6 is 0 Å². The fraction of sp³-hybridized carbons (Fsp3) is 0.500. The van der Waals surface area contributed by atoms with Gasteiger partial charge in [-0.05, 0) is 20.8 Å². The molecule has 2 rings (SSSR count). The summed E-state index contributed by atoms with van der Waals surface area (Å²) in [7, 11) is 1.89. The van der Waals surface area contributed by atoms with Crippen LogP contribution in [0.4, 0.5) is 0 Å². The van der Waals surface area contributed by atoms with E-state index in [1.807, 2.05) is 17.8 Å². The Morgan fingerprint density at radius 3 is 2.53 bits per heavy atom. The summed E-state index contributed by atoms with van der Waals surface area (Å²) in [5.41, 5.74) is 0.971. The molecule has 0 saturated carbocycles. The number of rotatable bonds is 1. The van der Waals surface area contributed by atoms with Crippen molar-refractivity contribution in [3.63, 3.8) is 0 Å². The molecule has 80 valence electrons. The van der Waals surface area contributed by atoms with Crippen LogP contribution in [0.25, 0.3) is 11.4 Å². The number of hydrogen-bond donors (Lipinski definition) is 0. The second-order valence-corrected chi connectivity index (χ2v) is 4.60. The van der Waals surface area contributed by atoms with E-state index in [0.717, 1.165) is 11.4 Å². The third-order valence-corrected chi connectivity index (χ3v) is 2.23. The normalized spacial score (nSPS) is 12.0. The first-order valence-corrected chi connectivity index (χ1v) is 4.88. The van der Waals surface area contributed by atoms with Crippen molar-refractivity contribution in [3.05, 3.63) is 18.7 Å². The predicted octanol–water partition coefficient (Wildman–Crippen LogP) is 1.43. The van der Waals surface area contributed by atoms with Crippen LogP contribution in [0.1, 0.15) is 20.8 Å². The lowest BCUT2D eigenvalue weighted by molar-refractivity contribution is 0.400. The molecule has 0 aliphatic rings. The average molecular weight is 205 g/mol. The van der Waals surface area contributed by atoms with Gasteiger partial charge >= 0.3 is 0 Å². The highest BCUT2D eigenvalue weighted by Gasteiger charge is 2.19. The van der Waals surface area contributed by atoms with Crippen LogP contribution in [0.5, 0.6) is 0 Å². The topological polar surface area (TPSA) is 48.5 Å². The molecule has 5 nitrogen and oxygen atoms in total. The third-order valence-electron chi connectivity index (χ3n) is 2.23. The molecule has 0 N–H and O–H groups in total. The van der Waals surface area contributed by atoms with Gasteiger partial charge in [-0.3, -0.25) is 4.68 Å². The highest BCUT2D eigenvalue weighted by molar-refractivity contribution is 5.52. The quantitative estimate of drug-likeness (QED) is 0.707. The van der Waals surface area contributed by atoms with Crippen LogP contribution < -0.4 is 0 Å². The second-order valence-electron chi connectivity index (χ2n) is 4.60. The molecule has 0 aromatic carbocycles. The lowest BCUT2D eigenvalue weighted by atomic mass is 10.1. The predicted molar refractivity (Wildman–Crippen MR) is 57.2 cm³/mol. The Morgan fingerprint density at radius 1 is 1.27 bits per heavy atom. The van der Waals surface area contributed by atoms with Gasteiger partial charge in [0.2, 0.25) is 0 Å². The third kappa shape index (κ3) is 1.77. The van der Waals surface area contributed by atoms with Gasteiger partial charge in [0.15, 0.2) is 5.82 Å². The van der Waals surface area contributed by atoms with Crippen molar-refractivity contribution in [2.75, 3.05) is 0 Å². The summed E-state index contributed by atoms with van der Waals surface area (Å²) in [5.74, 6) is 0.857. The first kappa shape index (κ1) is 9.89. The Bertz CT molecular complexity index is 460. The minimum Gasteiger partial charge on any atom is -0.308 e. The number of aryl methyl sites for hydroxylation is 1. The van der Waals surface area contributed by atoms with Crippen LogP contribution in [0.15, 0.2) is 18.7 Å². The van der Waals surface area contributed by atoms with Gasteiger partial charge in [0.1, 0.15) is 6.33 Å². The molecule has 0 saturated heterocycles. The largest absolute Gasteiger partial charge is 0.308 e. The maximum atomic E-state index is 4.13. The number of hydrogen-bond acceptors (Lipinski definition) is 3. The smallest absolute Gasteiger partial charge is 0.167 e. The Balaban J connectivity index is 2.50. The highest BCUT2D eigenvalue weighted by Crippen LogP contribution is 2.22. The van der Waals surface area contributed by atoms with Crippen molar-refractivity contribution in [2.24, 2.45) is 7.05 Å². The van der Waals surface area contributed by atoms with E-state index in [1.54, 1.807) is 17.2 Å². The van der Waals surface area contributed by atoms with Crippen molar-refractivity contribution in [1.29, 1.82) is 0 Å². The molecule has 0 spiro atoms. The lowest BCUT2D eigenvalue weighted by Gasteiger charge is -2.21. The molecule has 0 amide bonds. The molecule has 0 unspecified atom stereocenters. The van der Waals surface area contributed by atoms with E-state index in [0.29, 0.717) is 0 Å². The molecule has 0 fully saturated rings. The zero-order chi connectivity index (χ0) is 11.1. The molecule has 0 bridgehead atoms. The average Bonchev–Trinajstić information content (AvgIpc) is 2.68. The Labute approximate surface area is 88.7 Å². The van der Waals surface area contributed by atoms with E-state index >= 15 is 0 Å². The van der Waals surface area contributed by atoms with Gasteiger partial charge < -0.3 is 4.57 Å². The molecule has 0 aliphatic heterocycles. The number of nitrogens with zero attached hydrogens (tertiary/aromatic N) is 5. The highest BCUT2D eigenvalue weighted by atomic mass is 15.3.